The quantitative estimate of drug-likeness (QED) is 0.802. The number of anilines is 1. The fraction of sp³-hybridized carbons (Fsp3) is 0.316. The lowest BCUT2D eigenvalue weighted by Gasteiger charge is -2.14. The van der Waals surface area contributed by atoms with Crippen molar-refractivity contribution in [3.8, 4) is 5.75 Å². The third-order valence-electron chi connectivity index (χ3n) is 4.22. The first kappa shape index (κ1) is 18.7. The summed E-state index contributed by atoms with van der Waals surface area (Å²) in [5.41, 5.74) is 0.511. The SMILES string of the molecule is O=C(CS(=O)(=O)c1ccc(Cl)cc1)Nc1cccc(OC2CCCC2)c1. The maximum absolute atomic E-state index is 12.3. The summed E-state index contributed by atoms with van der Waals surface area (Å²) in [5.74, 6) is -0.560. The minimum atomic E-state index is -3.73. The molecular formula is C19H20ClNO4S. The molecule has 0 saturated heterocycles. The summed E-state index contributed by atoms with van der Waals surface area (Å²) in [6.45, 7) is 0. The number of ether oxygens (including phenoxy) is 1. The Labute approximate surface area is 158 Å². The van der Waals surface area contributed by atoms with Crippen molar-refractivity contribution in [1.29, 1.82) is 0 Å². The molecule has 2 aromatic carbocycles. The largest absolute Gasteiger partial charge is 0.490 e. The molecule has 0 atom stereocenters. The van der Waals surface area contributed by atoms with Crippen LogP contribution in [0, 0.1) is 0 Å². The second kappa shape index (κ2) is 8.10. The highest BCUT2D eigenvalue weighted by atomic mass is 35.5. The zero-order chi connectivity index (χ0) is 18.6. The zero-order valence-corrected chi connectivity index (χ0v) is 15.7. The van der Waals surface area contributed by atoms with Crippen LogP contribution in [0.1, 0.15) is 25.7 Å². The standard InChI is InChI=1S/C19H20ClNO4S/c20-14-8-10-18(11-9-14)26(23,24)13-19(22)21-15-4-3-7-17(12-15)25-16-5-1-2-6-16/h3-4,7-12,16H,1-2,5-6,13H2,(H,21,22). The summed E-state index contributed by atoms with van der Waals surface area (Å²) >= 11 is 5.76. The molecule has 138 valence electrons. The van der Waals surface area contributed by atoms with E-state index in [9.17, 15) is 13.2 Å². The minimum Gasteiger partial charge on any atom is -0.490 e. The highest BCUT2D eigenvalue weighted by Crippen LogP contribution is 2.26. The van der Waals surface area contributed by atoms with E-state index in [-0.39, 0.29) is 11.0 Å². The molecule has 7 heteroatoms. The van der Waals surface area contributed by atoms with Crippen molar-refractivity contribution in [2.24, 2.45) is 0 Å². The van der Waals surface area contributed by atoms with Gasteiger partial charge in [0.25, 0.3) is 0 Å². The predicted octanol–water partition coefficient (Wildman–Crippen LogP) is 4.07. The van der Waals surface area contributed by atoms with E-state index >= 15 is 0 Å². The number of amides is 1. The molecule has 2 aromatic rings. The maximum Gasteiger partial charge on any atom is 0.239 e. The van der Waals surface area contributed by atoms with E-state index in [0.717, 1.165) is 12.8 Å². The van der Waals surface area contributed by atoms with E-state index in [2.05, 4.69) is 5.32 Å². The number of rotatable bonds is 6. The van der Waals surface area contributed by atoms with Crippen LogP contribution in [0.4, 0.5) is 5.69 Å². The molecular weight excluding hydrogens is 374 g/mol. The monoisotopic (exact) mass is 393 g/mol. The summed E-state index contributed by atoms with van der Waals surface area (Å²) in [7, 11) is -3.73. The fourth-order valence-electron chi connectivity index (χ4n) is 2.94. The Morgan fingerprint density at radius 1 is 1.12 bits per heavy atom. The average Bonchev–Trinajstić information content (AvgIpc) is 3.08. The smallest absolute Gasteiger partial charge is 0.239 e. The van der Waals surface area contributed by atoms with Gasteiger partial charge in [-0.25, -0.2) is 8.42 Å². The molecule has 0 aromatic heterocycles. The van der Waals surface area contributed by atoms with Crippen LogP contribution in [0.3, 0.4) is 0 Å². The molecule has 0 spiro atoms. The molecule has 0 bridgehead atoms. The van der Waals surface area contributed by atoms with Gasteiger partial charge in [0.1, 0.15) is 11.5 Å². The van der Waals surface area contributed by atoms with Gasteiger partial charge < -0.3 is 10.1 Å². The molecule has 3 rings (SSSR count). The Morgan fingerprint density at radius 2 is 1.81 bits per heavy atom. The molecule has 1 aliphatic carbocycles. The first-order chi connectivity index (χ1) is 12.4. The number of carbonyl (C=O) groups is 1. The molecule has 1 saturated carbocycles. The Balaban J connectivity index is 1.63. The van der Waals surface area contributed by atoms with Gasteiger partial charge in [0.05, 0.1) is 11.0 Å². The molecule has 0 aliphatic heterocycles. The van der Waals surface area contributed by atoms with Crippen molar-refractivity contribution in [1.82, 2.24) is 0 Å². The van der Waals surface area contributed by atoms with Crippen molar-refractivity contribution in [3.63, 3.8) is 0 Å². The van der Waals surface area contributed by atoms with Crippen LogP contribution in [0.5, 0.6) is 5.75 Å². The van der Waals surface area contributed by atoms with E-state index < -0.39 is 21.5 Å². The first-order valence-corrected chi connectivity index (χ1v) is 10.5. The summed E-state index contributed by atoms with van der Waals surface area (Å²) < 4.78 is 30.5. The van der Waals surface area contributed by atoms with Gasteiger partial charge in [0.15, 0.2) is 9.84 Å². The van der Waals surface area contributed by atoms with Crippen LogP contribution in [0.25, 0.3) is 0 Å². The van der Waals surface area contributed by atoms with Crippen LogP contribution in [0.15, 0.2) is 53.4 Å². The number of nitrogens with one attached hydrogen (secondary N) is 1. The van der Waals surface area contributed by atoms with Gasteiger partial charge in [-0.2, -0.15) is 0 Å². The number of benzene rings is 2. The lowest BCUT2D eigenvalue weighted by Crippen LogP contribution is -2.23. The Bertz CT molecular complexity index is 875. The summed E-state index contributed by atoms with van der Waals surface area (Å²) in [4.78, 5) is 12.2. The normalized spacial score (nSPS) is 15.0. The van der Waals surface area contributed by atoms with Crippen LogP contribution in [0.2, 0.25) is 5.02 Å². The number of halogens is 1. The van der Waals surface area contributed by atoms with Gasteiger partial charge in [-0.1, -0.05) is 17.7 Å². The molecule has 1 fully saturated rings. The number of hydrogen-bond donors (Lipinski definition) is 1. The molecule has 1 aliphatic rings. The highest BCUT2D eigenvalue weighted by Gasteiger charge is 2.20. The summed E-state index contributed by atoms with van der Waals surface area (Å²) in [6.07, 6.45) is 4.63. The second-order valence-corrected chi connectivity index (χ2v) is 8.74. The Hall–Kier alpha value is -2.05. The summed E-state index contributed by atoms with van der Waals surface area (Å²) in [5, 5.41) is 3.06. The second-order valence-electron chi connectivity index (χ2n) is 6.31. The van der Waals surface area contributed by atoms with Gasteiger partial charge in [-0.15, -0.1) is 0 Å². The van der Waals surface area contributed by atoms with E-state index in [4.69, 9.17) is 16.3 Å². The minimum absolute atomic E-state index is 0.0652. The number of sulfone groups is 1. The van der Waals surface area contributed by atoms with E-state index in [0.29, 0.717) is 16.5 Å². The molecule has 1 amide bonds. The molecule has 0 heterocycles. The van der Waals surface area contributed by atoms with Crippen LogP contribution >= 0.6 is 11.6 Å². The van der Waals surface area contributed by atoms with E-state index in [1.807, 2.05) is 6.07 Å². The Kier molecular flexibility index (Phi) is 5.84. The maximum atomic E-state index is 12.3. The van der Waals surface area contributed by atoms with Crippen molar-refractivity contribution in [3.05, 3.63) is 53.6 Å². The molecule has 26 heavy (non-hydrogen) atoms. The lowest BCUT2D eigenvalue weighted by atomic mass is 10.2. The van der Waals surface area contributed by atoms with Crippen LogP contribution in [-0.4, -0.2) is 26.2 Å². The molecule has 5 nitrogen and oxygen atoms in total. The third kappa shape index (κ3) is 4.99. The van der Waals surface area contributed by atoms with Crippen LogP contribution < -0.4 is 10.1 Å². The zero-order valence-electron chi connectivity index (χ0n) is 14.2. The van der Waals surface area contributed by atoms with Gasteiger partial charge in [-0.3, -0.25) is 4.79 Å². The van der Waals surface area contributed by atoms with Crippen molar-refractivity contribution in [2.75, 3.05) is 11.1 Å². The highest BCUT2D eigenvalue weighted by molar-refractivity contribution is 7.92. The van der Waals surface area contributed by atoms with Gasteiger partial charge >= 0.3 is 0 Å². The van der Waals surface area contributed by atoms with Gasteiger partial charge in [0.2, 0.25) is 5.91 Å². The fourth-order valence-corrected chi connectivity index (χ4v) is 4.20. The third-order valence-corrected chi connectivity index (χ3v) is 6.10. The molecule has 0 unspecified atom stereocenters. The van der Waals surface area contributed by atoms with E-state index in [1.54, 1.807) is 18.2 Å². The number of hydrogen-bond acceptors (Lipinski definition) is 4. The topological polar surface area (TPSA) is 72.5 Å². The van der Waals surface area contributed by atoms with Crippen molar-refractivity contribution in [2.45, 2.75) is 36.7 Å². The average molecular weight is 394 g/mol. The first-order valence-electron chi connectivity index (χ1n) is 8.47. The summed E-state index contributed by atoms with van der Waals surface area (Å²) in [6, 6.07) is 12.8. The van der Waals surface area contributed by atoms with Gasteiger partial charge in [0, 0.05) is 16.8 Å². The van der Waals surface area contributed by atoms with Crippen LogP contribution in [-0.2, 0) is 14.6 Å². The lowest BCUT2D eigenvalue weighted by molar-refractivity contribution is -0.113. The molecule has 1 N–H and O–H groups in total. The molecule has 0 radical (unpaired) electrons. The van der Waals surface area contributed by atoms with E-state index in [1.165, 1.54) is 37.1 Å². The predicted molar refractivity (Wildman–Crippen MR) is 101 cm³/mol. The number of carbonyl (C=O) groups excluding carboxylic acids is 1. The Morgan fingerprint density at radius 3 is 2.50 bits per heavy atom. The van der Waals surface area contributed by atoms with Crippen molar-refractivity contribution >= 4 is 33.0 Å². The van der Waals surface area contributed by atoms with Crippen molar-refractivity contribution < 1.29 is 17.9 Å². The van der Waals surface area contributed by atoms with Gasteiger partial charge in [-0.05, 0) is 62.1 Å².